The largest absolute Gasteiger partial charge is 0.387 e. The average molecular weight is 292 g/mol. The zero-order chi connectivity index (χ0) is 13.5. The molecular formula is C13H19Cl2NO2. The van der Waals surface area contributed by atoms with E-state index in [1.807, 2.05) is 0 Å². The van der Waals surface area contributed by atoms with E-state index in [0.717, 1.165) is 6.42 Å². The van der Waals surface area contributed by atoms with Crippen LogP contribution in [0.5, 0.6) is 0 Å². The van der Waals surface area contributed by atoms with E-state index in [1.54, 1.807) is 25.3 Å². The van der Waals surface area contributed by atoms with E-state index >= 15 is 0 Å². The molecule has 0 aromatic heterocycles. The smallest absolute Gasteiger partial charge is 0.0943 e. The summed E-state index contributed by atoms with van der Waals surface area (Å²) in [5.41, 5.74) is 0.570. The number of aliphatic hydroxyl groups excluding tert-OH is 1. The van der Waals surface area contributed by atoms with E-state index in [1.165, 1.54) is 0 Å². The number of halogens is 2. The zero-order valence-corrected chi connectivity index (χ0v) is 12.1. The maximum atomic E-state index is 10.1. The Bertz CT molecular complexity index is 354. The number of benzene rings is 1. The molecule has 0 saturated carbocycles. The van der Waals surface area contributed by atoms with Crippen molar-refractivity contribution < 1.29 is 9.84 Å². The van der Waals surface area contributed by atoms with Crippen LogP contribution in [0.2, 0.25) is 10.0 Å². The molecule has 2 unspecified atom stereocenters. The Morgan fingerprint density at radius 1 is 1.33 bits per heavy atom. The fraction of sp³-hybridized carbons (Fsp3) is 0.538. The molecule has 18 heavy (non-hydrogen) atoms. The van der Waals surface area contributed by atoms with Gasteiger partial charge < -0.3 is 15.2 Å². The normalized spacial score (nSPS) is 14.5. The predicted molar refractivity (Wildman–Crippen MR) is 75.4 cm³/mol. The second kappa shape index (κ2) is 7.97. The van der Waals surface area contributed by atoms with E-state index in [0.29, 0.717) is 28.8 Å². The van der Waals surface area contributed by atoms with Crippen molar-refractivity contribution in [1.29, 1.82) is 0 Å². The van der Waals surface area contributed by atoms with E-state index in [4.69, 9.17) is 27.9 Å². The third-order valence-electron chi connectivity index (χ3n) is 2.79. The molecule has 1 rings (SSSR count). The monoisotopic (exact) mass is 291 g/mol. The molecule has 0 saturated heterocycles. The molecule has 0 radical (unpaired) electrons. The molecule has 0 spiro atoms. The summed E-state index contributed by atoms with van der Waals surface area (Å²) in [6.45, 7) is 3.07. The summed E-state index contributed by atoms with van der Waals surface area (Å²) in [5, 5.41) is 14.3. The van der Waals surface area contributed by atoms with Gasteiger partial charge in [-0.05, 0) is 18.6 Å². The first-order valence-corrected chi connectivity index (χ1v) is 6.70. The highest BCUT2D eigenvalue weighted by atomic mass is 35.5. The summed E-state index contributed by atoms with van der Waals surface area (Å²) in [4.78, 5) is 0. The molecule has 5 heteroatoms. The number of rotatable bonds is 7. The Morgan fingerprint density at radius 2 is 1.94 bits per heavy atom. The van der Waals surface area contributed by atoms with Crippen molar-refractivity contribution in [3.05, 3.63) is 33.8 Å². The van der Waals surface area contributed by atoms with Crippen LogP contribution in [0.25, 0.3) is 0 Å². The third kappa shape index (κ3) is 4.41. The number of hydrogen-bond donors (Lipinski definition) is 2. The summed E-state index contributed by atoms with van der Waals surface area (Å²) in [6, 6.07) is 5.41. The summed E-state index contributed by atoms with van der Waals surface area (Å²) < 4.78 is 5.08. The van der Waals surface area contributed by atoms with Crippen LogP contribution in [0.1, 0.15) is 25.0 Å². The molecule has 0 heterocycles. The van der Waals surface area contributed by atoms with Crippen LogP contribution in [0.15, 0.2) is 18.2 Å². The van der Waals surface area contributed by atoms with Crippen LogP contribution < -0.4 is 5.32 Å². The van der Waals surface area contributed by atoms with Gasteiger partial charge in [0.25, 0.3) is 0 Å². The van der Waals surface area contributed by atoms with Crippen molar-refractivity contribution >= 4 is 23.2 Å². The van der Waals surface area contributed by atoms with E-state index in [9.17, 15) is 5.11 Å². The molecule has 2 N–H and O–H groups in total. The van der Waals surface area contributed by atoms with Crippen molar-refractivity contribution in [2.24, 2.45) is 0 Å². The summed E-state index contributed by atoms with van der Waals surface area (Å²) in [5.74, 6) is 0. The van der Waals surface area contributed by atoms with Crippen molar-refractivity contribution in [3.8, 4) is 0 Å². The first kappa shape index (κ1) is 15.7. The second-order valence-electron chi connectivity index (χ2n) is 4.12. The molecule has 1 aromatic carbocycles. The quantitative estimate of drug-likeness (QED) is 0.811. The average Bonchev–Trinajstić information content (AvgIpc) is 2.34. The number of methoxy groups -OCH3 is 1. The molecule has 0 aliphatic heterocycles. The minimum Gasteiger partial charge on any atom is -0.387 e. The number of ether oxygens (including phenoxy) is 1. The number of hydrogen-bond acceptors (Lipinski definition) is 3. The lowest BCUT2D eigenvalue weighted by Gasteiger charge is -2.20. The van der Waals surface area contributed by atoms with Crippen LogP contribution in [0.3, 0.4) is 0 Å². The van der Waals surface area contributed by atoms with Gasteiger partial charge in [0.1, 0.15) is 0 Å². The first-order chi connectivity index (χ1) is 8.60. The van der Waals surface area contributed by atoms with Gasteiger partial charge in [-0.3, -0.25) is 0 Å². The van der Waals surface area contributed by atoms with E-state index in [2.05, 4.69) is 12.2 Å². The van der Waals surface area contributed by atoms with Gasteiger partial charge in [-0.15, -0.1) is 0 Å². The standard InChI is InChI=1S/C13H19Cl2NO2/c1-3-9(8-18-2)16-7-12(17)13-10(14)5-4-6-11(13)15/h4-6,9,12,16-17H,3,7-8H2,1-2H3. The topological polar surface area (TPSA) is 41.5 Å². The maximum Gasteiger partial charge on any atom is 0.0943 e. The van der Waals surface area contributed by atoms with Crippen LogP contribution in [0.4, 0.5) is 0 Å². The number of aliphatic hydroxyl groups is 1. The molecular weight excluding hydrogens is 273 g/mol. The molecule has 0 aliphatic rings. The lowest BCUT2D eigenvalue weighted by atomic mass is 10.1. The molecule has 0 amide bonds. The zero-order valence-electron chi connectivity index (χ0n) is 10.6. The van der Waals surface area contributed by atoms with E-state index < -0.39 is 6.10 Å². The van der Waals surface area contributed by atoms with Crippen molar-refractivity contribution in [2.45, 2.75) is 25.5 Å². The second-order valence-corrected chi connectivity index (χ2v) is 4.93. The Kier molecular flexibility index (Phi) is 6.97. The van der Waals surface area contributed by atoms with Gasteiger partial charge in [0.15, 0.2) is 0 Å². The maximum absolute atomic E-state index is 10.1. The summed E-state index contributed by atoms with van der Waals surface area (Å²) in [6.07, 6.45) is 0.202. The van der Waals surface area contributed by atoms with Crippen molar-refractivity contribution in [1.82, 2.24) is 5.32 Å². The third-order valence-corrected chi connectivity index (χ3v) is 3.45. The molecule has 0 aliphatic carbocycles. The first-order valence-electron chi connectivity index (χ1n) is 5.94. The molecule has 0 bridgehead atoms. The lowest BCUT2D eigenvalue weighted by Crippen LogP contribution is -2.35. The molecule has 3 nitrogen and oxygen atoms in total. The highest BCUT2D eigenvalue weighted by Crippen LogP contribution is 2.29. The fourth-order valence-corrected chi connectivity index (χ4v) is 2.38. The molecule has 1 aromatic rings. The van der Waals surface area contributed by atoms with Gasteiger partial charge in [-0.25, -0.2) is 0 Å². The van der Waals surface area contributed by atoms with Crippen molar-refractivity contribution in [3.63, 3.8) is 0 Å². The van der Waals surface area contributed by atoms with Gasteiger partial charge in [0, 0.05) is 35.3 Å². The summed E-state index contributed by atoms with van der Waals surface area (Å²) in [7, 11) is 1.66. The fourth-order valence-electron chi connectivity index (χ4n) is 1.73. The minimum absolute atomic E-state index is 0.214. The van der Waals surface area contributed by atoms with Gasteiger partial charge in [-0.1, -0.05) is 36.2 Å². The van der Waals surface area contributed by atoms with Gasteiger partial charge >= 0.3 is 0 Å². The molecule has 102 valence electrons. The summed E-state index contributed by atoms with van der Waals surface area (Å²) >= 11 is 12.1. The number of nitrogens with one attached hydrogen (secondary N) is 1. The van der Waals surface area contributed by atoms with Gasteiger partial charge in [0.2, 0.25) is 0 Å². The van der Waals surface area contributed by atoms with Gasteiger partial charge in [-0.2, -0.15) is 0 Å². The minimum atomic E-state index is -0.725. The van der Waals surface area contributed by atoms with Crippen LogP contribution in [0, 0.1) is 0 Å². The SMILES string of the molecule is CCC(COC)NCC(O)c1c(Cl)cccc1Cl. The highest BCUT2D eigenvalue weighted by Gasteiger charge is 2.16. The highest BCUT2D eigenvalue weighted by molar-refractivity contribution is 6.36. The lowest BCUT2D eigenvalue weighted by molar-refractivity contribution is 0.137. The predicted octanol–water partition coefficient (Wildman–Crippen LogP) is 3.04. The Labute approximate surface area is 118 Å². The molecule has 0 fully saturated rings. The van der Waals surface area contributed by atoms with Crippen molar-refractivity contribution in [2.75, 3.05) is 20.3 Å². The molecule has 2 atom stereocenters. The van der Waals surface area contributed by atoms with Crippen LogP contribution in [-0.4, -0.2) is 31.4 Å². The van der Waals surface area contributed by atoms with Crippen LogP contribution in [-0.2, 0) is 4.74 Å². The van der Waals surface area contributed by atoms with Gasteiger partial charge in [0.05, 0.1) is 12.7 Å². The van der Waals surface area contributed by atoms with Crippen LogP contribution >= 0.6 is 23.2 Å². The Hall–Kier alpha value is -0.320. The Balaban J connectivity index is 2.62. The van der Waals surface area contributed by atoms with E-state index in [-0.39, 0.29) is 6.04 Å². The Morgan fingerprint density at radius 3 is 2.44 bits per heavy atom.